The molecule has 1 amide bonds. The summed E-state index contributed by atoms with van der Waals surface area (Å²) in [6.45, 7) is 1.71. The van der Waals surface area contributed by atoms with E-state index in [1.165, 1.54) is 11.3 Å². The molecule has 0 fully saturated rings. The quantitative estimate of drug-likeness (QED) is 0.288. The molecule has 0 aliphatic carbocycles. The first-order valence-corrected chi connectivity index (χ1v) is 10.1. The van der Waals surface area contributed by atoms with Crippen LogP contribution in [0.15, 0.2) is 53.2 Å². The highest BCUT2D eigenvalue weighted by molar-refractivity contribution is 7.14. The van der Waals surface area contributed by atoms with Crippen LogP contribution in [0.25, 0.3) is 21.5 Å². The normalized spacial score (nSPS) is 11.8. The molecular weight excluding hydrogens is 431 g/mol. The van der Waals surface area contributed by atoms with E-state index in [4.69, 9.17) is 23.2 Å². The van der Waals surface area contributed by atoms with E-state index in [9.17, 15) is 9.90 Å². The second-order valence-corrected chi connectivity index (χ2v) is 7.92. The number of aromatic nitrogens is 2. The Morgan fingerprint density at radius 3 is 2.83 bits per heavy atom. The number of nitrogens with one attached hydrogen (secondary N) is 2. The summed E-state index contributed by atoms with van der Waals surface area (Å²) in [5, 5.41) is 17.4. The minimum atomic E-state index is -0.361. The molecule has 0 spiro atoms. The van der Waals surface area contributed by atoms with Crippen LogP contribution in [0.3, 0.4) is 0 Å². The number of fused-ring (bicyclic) bond motifs is 1. The van der Waals surface area contributed by atoms with Gasteiger partial charge in [-0.05, 0) is 42.8 Å². The van der Waals surface area contributed by atoms with Gasteiger partial charge < -0.3 is 10.1 Å². The molecule has 3 N–H and O–H groups in total. The molecule has 0 aliphatic heterocycles. The number of halogens is 2. The molecule has 0 bridgehead atoms. The highest BCUT2D eigenvalue weighted by Gasteiger charge is 2.16. The molecule has 0 saturated carbocycles. The fourth-order valence-electron chi connectivity index (χ4n) is 2.79. The molecule has 2 aromatic heterocycles. The Balaban J connectivity index is 1.55. The zero-order chi connectivity index (χ0) is 20.5. The Morgan fingerprint density at radius 1 is 1.21 bits per heavy atom. The average molecular weight is 445 g/mol. The van der Waals surface area contributed by atoms with E-state index in [1.807, 2.05) is 0 Å². The molecule has 4 rings (SSSR count). The number of H-pyrrole nitrogens is 1. The zero-order valence-electron chi connectivity index (χ0n) is 15.0. The van der Waals surface area contributed by atoms with Crippen LogP contribution in [0.1, 0.15) is 22.8 Å². The van der Waals surface area contributed by atoms with E-state index in [0.29, 0.717) is 31.8 Å². The number of benzene rings is 2. The molecule has 0 atom stereocenters. The van der Waals surface area contributed by atoms with Crippen molar-refractivity contribution in [2.24, 2.45) is 5.10 Å². The maximum Gasteiger partial charge on any atom is 0.271 e. The van der Waals surface area contributed by atoms with Gasteiger partial charge >= 0.3 is 0 Å². The number of carbonyl (C=O) groups excluding carboxylic acids is 1. The summed E-state index contributed by atoms with van der Waals surface area (Å²) in [5.74, 6) is -0.289. The van der Waals surface area contributed by atoms with Crippen molar-refractivity contribution < 1.29 is 9.90 Å². The van der Waals surface area contributed by atoms with Gasteiger partial charge in [0.25, 0.3) is 5.91 Å². The van der Waals surface area contributed by atoms with Gasteiger partial charge in [0.1, 0.15) is 5.75 Å². The lowest BCUT2D eigenvalue weighted by Gasteiger charge is -2.04. The maximum absolute atomic E-state index is 12.4. The molecule has 0 radical (unpaired) electrons. The van der Waals surface area contributed by atoms with Crippen molar-refractivity contribution in [1.82, 2.24) is 15.4 Å². The number of aromatic hydroxyl groups is 1. The van der Waals surface area contributed by atoms with Gasteiger partial charge in [0.15, 0.2) is 0 Å². The molecule has 4 aromatic rings. The molecule has 146 valence electrons. The summed E-state index contributed by atoms with van der Waals surface area (Å²) in [4.78, 5) is 20.1. The van der Waals surface area contributed by atoms with E-state index in [1.54, 1.807) is 55.0 Å². The smallest absolute Gasteiger partial charge is 0.271 e. The first-order valence-electron chi connectivity index (χ1n) is 8.48. The van der Waals surface area contributed by atoms with Crippen molar-refractivity contribution in [2.75, 3.05) is 0 Å². The van der Waals surface area contributed by atoms with E-state index >= 15 is 0 Å². The topological polar surface area (TPSA) is 90.4 Å². The van der Waals surface area contributed by atoms with Gasteiger partial charge in [0, 0.05) is 10.9 Å². The van der Waals surface area contributed by atoms with E-state index < -0.39 is 0 Å². The third-order valence-corrected chi connectivity index (χ3v) is 6.10. The molecule has 29 heavy (non-hydrogen) atoms. The standard InChI is InChI=1S/C20H14Cl2N4O2S/c1-10(25-26-20(28)12-3-5-16-17(7-12)24-9-23-16)13-8-29-19(18(13)27)11-2-4-14(21)15(22)6-11/h2-9,27H,1H3,(H,23,24)(H,26,28)/b25-10-. The Bertz CT molecular complexity index is 1260. The SMILES string of the molecule is C/C(=N/NC(=O)c1ccc2nc[nH]c2c1)c1csc(-c2ccc(Cl)c(Cl)c2)c1O. The lowest BCUT2D eigenvalue weighted by atomic mass is 10.1. The highest BCUT2D eigenvalue weighted by atomic mass is 35.5. The lowest BCUT2D eigenvalue weighted by molar-refractivity contribution is 0.0955. The second-order valence-electron chi connectivity index (χ2n) is 6.23. The van der Waals surface area contributed by atoms with Crippen LogP contribution in [0.5, 0.6) is 5.75 Å². The van der Waals surface area contributed by atoms with Crippen molar-refractivity contribution >= 4 is 57.2 Å². The van der Waals surface area contributed by atoms with Crippen molar-refractivity contribution in [3.8, 4) is 16.2 Å². The second kappa shape index (κ2) is 7.87. The fourth-order valence-corrected chi connectivity index (χ4v) is 4.09. The largest absolute Gasteiger partial charge is 0.506 e. The van der Waals surface area contributed by atoms with Crippen molar-refractivity contribution in [2.45, 2.75) is 6.92 Å². The number of aromatic amines is 1. The molecule has 9 heteroatoms. The minimum Gasteiger partial charge on any atom is -0.506 e. The Labute approximate surface area is 179 Å². The monoisotopic (exact) mass is 444 g/mol. The first-order chi connectivity index (χ1) is 13.9. The number of rotatable bonds is 4. The Kier molecular flexibility index (Phi) is 5.27. The van der Waals surface area contributed by atoms with Crippen LogP contribution in [0.2, 0.25) is 10.0 Å². The van der Waals surface area contributed by atoms with Crippen LogP contribution in [-0.2, 0) is 0 Å². The summed E-state index contributed by atoms with van der Waals surface area (Å²) in [6.07, 6.45) is 1.57. The molecular formula is C20H14Cl2N4O2S. The predicted molar refractivity (Wildman–Crippen MR) is 117 cm³/mol. The van der Waals surface area contributed by atoms with Gasteiger partial charge in [-0.1, -0.05) is 29.3 Å². The summed E-state index contributed by atoms with van der Waals surface area (Å²) >= 11 is 13.4. The van der Waals surface area contributed by atoms with Gasteiger partial charge in [-0.15, -0.1) is 11.3 Å². The number of imidazole rings is 1. The molecule has 6 nitrogen and oxygen atoms in total. The molecule has 0 unspecified atom stereocenters. The lowest BCUT2D eigenvalue weighted by Crippen LogP contribution is -2.19. The summed E-state index contributed by atoms with van der Waals surface area (Å²) < 4.78 is 0. The molecule has 2 heterocycles. The highest BCUT2D eigenvalue weighted by Crippen LogP contribution is 2.40. The number of hydrazone groups is 1. The van der Waals surface area contributed by atoms with Gasteiger partial charge in [-0.2, -0.15) is 5.10 Å². The van der Waals surface area contributed by atoms with Gasteiger partial charge in [-0.3, -0.25) is 4.79 Å². The summed E-state index contributed by atoms with van der Waals surface area (Å²) in [5.41, 5.74) is 6.26. The van der Waals surface area contributed by atoms with E-state index in [0.717, 1.165) is 16.6 Å². The number of hydrogen-bond acceptors (Lipinski definition) is 5. The maximum atomic E-state index is 12.4. The van der Waals surface area contributed by atoms with Crippen LogP contribution in [0.4, 0.5) is 0 Å². The van der Waals surface area contributed by atoms with Crippen molar-refractivity contribution in [3.05, 3.63) is 69.3 Å². The van der Waals surface area contributed by atoms with Crippen LogP contribution >= 0.6 is 34.5 Å². The van der Waals surface area contributed by atoms with Gasteiger partial charge in [0.05, 0.1) is 43.6 Å². The zero-order valence-corrected chi connectivity index (χ0v) is 17.4. The molecule has 0 aliphatic rings. The number of amides is 1. The van der Waals surface area contributed by atoms with Gasteiger partial charge in [-0.25, -0.2) is 10.4 Å². The van der Waals surface area contributed by atoms with E-state index in [-0.39, 0.29) is 11.7 Å². The summed E-state index contributed by atoms with van der Waals surface area (Å²) in [7, 11) is 0. The van der Waals surface area contributed by atoms with Crippen molar-refractivity contribution in [3.63, 3.8) is 0 Å². The third kappa shape index (κ3) is 3.85. The number of carbonyl (C=O) groups is 1. The number of thiophene rings is 1. The van der Waals surface area contributed by atoms with Gasteiger partial charge in [0.2, 0.25) is 0 Å². The van der Waals surface area contributed by atoms with Crippen molar-refractivity contribution in [1.29, 1.82) is 0 Å². The molecule has 2 aromatic carbocycles. The van der Waals surface area contributed by atoms with Crippen LogP contribution in [-0.4, -0.2) is 26.7 Å². The van der Waals surface area contributed by atoms with E-state index in [2.05, 4.69) is 20.5 Å². The van der Waals surface area contributed by atoms with Crippen LogP contribution < -0.4 is 5.43 Å². The fraction of sp³-hybridized carbons (Fsp3) is 0.0500. The van der Waals surface area contributed by atoms with Crippen LogP contribution in [0, 0.1) is 0 Å². The Hall–Kier alpha value is -2.87. The summed E-state index contributed by atoms with van der Waals surface area (Å²) in [6, 6.07) is 10.3. The third-order valence-electron chi connectivity index (χ3n) is 4.34. The minimum absolute atomic E-state index is 0.0720. The first kappa shape index (κ1) is 19.4. The Morgan fingerprint density at radius 2 is 2.03 bits per heavy atom. The molecule has 0 saturated heterocycles. The predicted octanol–water partition coefficient (Wildman–Crippen LogP) is 5.46. The average Bonchev–Trinajstić information content (AvgIpc) is 3.34. The number of hydrogen-bond donors (Lipinski definition) is 3. The number of nitrogens with zero attached hydrogens (tertiary/aromatic N) is 2.